The number of carbonyl (C=O) groups is 1. The predicted octanol–water partition coefficient (Wildman–Crippen LogP) is 0.955. The van der Waals surface area contributed by atoms with Crippen molar-refractivity contribution in [3.8, 4) is 0 Å². The Kier molecular flexibility index (Phi) is 5.22. The predicted molar refractivity (Wildman–Crippen MR) is 43.0 cm³/mol. The summed E-state index contributed by atoms with van der Waals surface area (Å²) in [6, 6.07) is 0. The van der Waals surface area contributed by atoms with Crippen LogP contribution in [-0.4, -0.2) is 18.6 Å². The first kappa shape index (κ1) is 10.3. The van der Waals surface area contributed by atoms with Crippen LogP contribution in [0.1, 0.15) is 6.92 Å². The van der Waals surface area contributed by atoms with Gasteiger partial charge in [-0.15, -0.1) is 0 Å². The maximum Gasteiger partial charge on any atom is 0.337 e. The molecule has 0 aliphatic heterocycles. The number of ether oxygens (including phenoxy) is 1. The largest absolute Gasteiger partial charge is 0.431 e. The van der Waals surface area contributed by atoms with Gasteiger partial charge in [0.2, 0.25) is 6.08 Å². The van der Waals surface area contributed by atoms with Crippen LogP contribution in [0.3, 0.4) is 0 Å². The monoisotopic (exact) mass is 167 g/mol. The highest BCUT2D eigenvalue weighted by atomic mass is 16.5. The molecule has 0 radical (unpaired) electrons. The number of aliphatic imine (C=N–C) groups is 1. The second kappa shape index (κ2) is 6.07. The Morgan fingerprint density at radius 1 is 1.75 bits per heavy atom. The lowest BCUT2D eigenvalue weighted by molar-refractivity contribution is -0.133. The fraction of sp³-hybridized carbons (Fsp3) is 0.250. The first-order chi connectivity index (χ1) is 5.68. The molecule has 4 nitrogen and oxygen atoms in total. The molecule has 12 heavy (non-hydrogen) atoms. The van der Waals surface area contributed by atoms with Crippen LogP contribution in [0.15, 0.2) is 29.5 Å². The van der Waals surface area contributed by atoms with Gasteiger partial charge in [-0.25, -0.2) is 14.6 Å². The highest BCUT2D eigenvalue weighted by Gasteiger charge is 1.98. The Hall–Kier alpha value is -1.67. The second-order valence-corrected chi connectivity index (χ2v) is 1.99. The minimum absolute atomic E-state index is 0.160. The van der Waals surface area contributed by atoms with Crippen LogP contribution in [0.5, 0.6) is 0 Å². The number of hydrogen-bond donors (Lipinski definition) is 0. The Bertz CT molecular complexity index is 249. The van der Waals surface area contributed by atoms with Gasteiger partial charge >= 0.3 is 5.97 Å². The summed E-state index contributed by atoms with van der Waals surface area (Å²) in [7, 11) is 0. The number of rotatable bonds is 4. The number of carbonyl (C=O) groups excluding carboxylic acids is 2. The molecule has 64 valence electrons. The van der Waals surface area contributed by atoms with E-state index < -0.39 is 5.97 Å². The first-order valence-corrected chi connectivity index (χ1v) is 3.23. The van der Waals surface area contributed by atoms with Crippen molar-refractivity contribution in [2.24, 2.45) is 4.99 Å². The topological polar surface area (TPSA) is 55.7 Å². The van der Waals surface area contributed by atoms with Gasteiger partial charge in [0.1, 0.15) is 0 Å². The third kappa shape index (κ3) is 5.14. The van der Waals surface area contributed by atoms with E-state index in [9.17, 15) is 9.59 Å². The summed E-state index contributed by atoms with van der Waals surface area (Å²) in [6.07, 6.45) is 3.93. The van der Waals surface area contributed by atoms with Gasteiger partial charge in [0.25, 0.3) is 0 Å². The fourth-order valence-corrected chi connectivity index (χ4v) is 0.344. The molecule has 0 saturated carbocycles. The quantitative estimate of drug-likeness (QED) is 0.206. The summed E-state index contributed by atoms with van der Waals surface area (Å²) in [4.78, 5) is 23.5. The van der Waals surface area contributed by atoms with E-state index in [1.807, 2.05) is 0 Å². The van der Waals surface area contributed by atoms with E-state index in [1.165, 1.54) is 12.2 Å². The second-order valence-electron chi connectivity index (χ2n) is 1.99. The summed E-state index contributed by atoms with van der Waals surface area (Å²) in [5, 5.41) is 0. The summed E-state index contributed by atoms with van der Waals surface area (Å²) < 4.78 is 4.54. The van der Waals surface area contributed by atoms with E-state index >= 15 is 0 Å². The van der Waals surface area contributed by atoms with Crippen molar-refractivity contribution in [3.63, 3.8) is 0 Å². The molecule has 0 aromatic rings. The minimum atomic E-state index is -0.499. The van der Waals surface area contributed by atoms with Gasteiger partial charge in [-0.1, -0.05) is 6.58 Å². The summed E-state index contributed by atoms with van der Waals surface area (Å²) in [5.74, 6) is -0.499. The molecule has 0 amide bonds. The maximum atomic E-state index is 10.7. The van der Waals surface area contributed by atoms with E-state index in [0.29, 0.717) is 5.57 Å². The molecule has 0 heterocycles. The van der Waals surface area contributed by atoms with Crippen molar-refractivity contribution >= 4 is 12.0 Å². The third-order valence-corrected chi connectivity index (χ3v) is 0.881. The van der Waals surface area contributed by atoms with E-state index in [4.69, 9.17) is 0 Å². The number of isocyanates is 1. The molecule has 0 aromatic carbocycles. The lowest BCUT2D eigenvalue weighted by atomic mass is 10.4. The molecular weight excluding hydrogens is 158 g/mol. The minimum Gasteiger partial charge on any atom is -0.431 e. The Balaban J connectivity index is 3.67. The van der Waals surface area contributed by atoms with Gasteiger partial charge < -0.3 is 4.74 Å². The third-order valence-electron chi connectivity index (χ3n) is 0.881. The Morgan fingerprint density at radius 3 is 2.92 bits per heavy atom. The van der Waals surface area contributed by atoms with Crippen molar-refractivity contribution in [1.82, 2.24) is 0 Å². The zero-order chi connectivity index (χ0) is 9.40. The Labute approximate surface area is 70.2 Å². The lowest BCUT2D eigenvalue weighted by Gasteiger charge is -1.94. The smallest absolute Gasteiger partial charge is 0.337 e. The molecule has 0 aromatic heterocycles. The molecule has 0 atom stereocenters. The van der Waals surface area contributed by atoms with Gasteiger partial charge in [0.15, 0.2) is 0 Å². The SMILES string of the molecule is C=C(C)C(=O)OC=CCN=C=O. The van der Waals surface area contributed by atoms with Crippen LogP contribution in [0.25, 0.3) is 0 Å². The van der Waals surface area contributed by atoms with E-state index in [1.54, 1.807) is 6.92 Å². The van der Waals surface area contributed by atoms with Gasteiger partial charge in [0, 0.05) is 5.57 Å². The highest BCUT2D eigenvalue weighted by Crippen LogP contribution is 1.91. The number of hydrogen-bond acceptors (Lipinski definition) is 4. The molecule has 0 N–H and O–H groups in total. The number of esters is 1. The zero-order valence-corrected chi connectivity index (χ0v) is 6.74. The average molecular weight is 167 g/mol. The normalized spacial score (nSPS) is 9.08. The van der Waals surface area contributed by atoms with Crippen molar-refractivity contribution in [1.29, 1.82) is 0 Å². The van der Waals surface area contributed by atoms with Gasteiger partial charge in [-0.05, 0) is 13.0 Å². The van der Waals surface area contributed by atoms with Crippen LogP contribution in [0.4, 0.5) is 0 Å². The molecule has 0 fully saturated rings. The van der Waals surface area contributed by atoms with Gasteiger partial charge in [-0.2, -0.15) is 0 Å². The van der Waals surface area contributed by atoms with Crippen LogP contribution in [-0.2, 0) is 14.3 Å². The first-order valence-electron chi connectivity index (χ1n) is 3.23. The average Bonchev–Trinajstić information content (AvgIpc) is 2.03. The van der Waals surface area contributed by atoms with Crippen LogP contribution in [0, 0.1) is 0 Å². The molecule has 0 rings (SSSR count). The molecule has 4 heteroatoms. The van der Waals surface area contributed by atoms with Crippen molar-refractivity contribution in [2.45, 2.75) is 6.92 Å². The maximum absolute atomic E-state index is 10.7. The standard InChI is InChI=1S/C8H9NO3/c1-7(2)8(11)12-5-3-4-9-6-10/h3,5H,1,4H2,2H3. The highest BCUT2D eigenvalue weighted by molar-refractivity contribution is 5.87. The molecule has 0 unspecified atom stereocenters. The molecule has 0 aliphatic carbocycles. The number of nitrogens with zero attached hydrogens (tertiary/aromatic N) is 1. The zero-order valence-electron chi connectivity index (χ0n) is 6.74. The van der Waals surface area contributed by atoms with Crippen LogP contribution < -0.4 is 0 Å². The van der Waals surface area contributed by atoms with Crippen molar-refractivity contribution < 1.29 is 14.3 Å². The van der Waals surface area contributed by atoms with Crippen molar-refractivity contribution in [2.75, 3.05) is 6.54 Å². The summed E-state index contributed by atoms with van der Waals surface area (Å²) in [5.41, 5.74) is 0.318. The fourth-order valence-electron chi connectivity index (χ4n) is 0.344. The molecule has 0 aliphatic rings. The van der Waals surface area contributed by atoms with E-state index in [0.717, 1.165) is 6.26 Å². The Morgan fingerprint density at radius 2 is 2.42 bits per heavy atom. The molecule has 0 saturated heterocycles. The van der Waals surface area contributed by atoms with Gasteiger partial charge in [0.05, 0.1) is 12.8 Å². The van der Waals surface area contributed by atoms with Gasteiger partial charge in [-0.3, -0.25) is 0 Å². The summed E-state index contributed by atoms with van der Waals surface area (Å²) in [6.45, 7) is 5.08. The van der Waals surface area contributed by atoms with Crippen molar-refractivity contribution in [3.05, 3.63) is 24.5 Å². The molecular formula is C8H9NO3. The van der Waals surface area contributed by atoms with Crippen LogP contribution in [0.2, 0.25) is 0 Å². The molecule has 0 bridgehead atoms. The van der Waals surface area contributed by atoms with E-state index in [-0.39, 0.29) is 6.54 Å². The lowest BCUT2D eigenvalue weighted by Crippen LogP contribution is -1.99. The van der Waals surface area contributed by atoms with E-state index in [2.05, 4.69) is 16.3 Å². The molecule has 0 spiro atoms. The van der Waals surface area contributed by atoms with Crippen LogP contribution >= 0.6 is 0 Å². The summed E-state index contributed by atoms with van der Waals surface area (Å²) >= 11 is 0.